The van der Waals surface area contributed by atoms with Gasteiger partial charge in [-0.3, -0.25) is 8.80 Å². The van der Waals surface area contributed by atoms with E-state index in [0.717, 1.165) is 38.2 Å². The Morgan fingerprint density at radius 3 is 2.06 bits per heavy atom. The van der Waals surface area contributed by atoms with E-state index in [1.54, 1.807) is 0 Å². The molecule has 0 aliphatic heterocycles. The summed E-state index contributed by atoms with van der Waals surface area (Å²) in [6.45, 7) is 2.17. The van der Waals surface area contributed by atoms with Crippen molar-refractivity contribution in [3.63, 3.8) is 0 Å². The van der Waals surface area contributed by atoms with Gasteiger partial charge in [-0.25, -0.2) is 23.4 Å². The summed E-state index contributed by atoms with van der Waals surface area (Å²) in [6, 6.07) is 3.35. The molecule has 0 radical (unpaired) electrons. The maximum absolute atomic E-state index is 14.8. The van der Waals surface area contributed by atoms with Gasteiger partial charge in [-0.15, -0.1) is 0 Å². The molecule has 4 heterocycles. The maximum Gasteiger partial charge on any atom is 0.459 e. The molecule has 0 fully saturated rings. The van der Waals surface area contributed by atoms with E-state index in [4.69, 9.17) is 0 Å². The first-order valence-corrected chi connectivity index (χ1v) is 11.3. The van der Waals surface area contributed by atoms with Crippen LogP contribution >= 0.6 is 0 Å². The van der Waals surface area contributed by atoms with Crippen molar-refractivity contribution >= 4 is 21.1 Å². The van der Waals surface area contributed by atoms with E-state index >= 15 is 0 Å². The van der Waals surface area contributed by atoms with Crippen molar-refractivity contribution in [3.05, 3.63) is 47.7 Å². The van der Waals surface area contributed by atoms with E-state index in [1.807, 2.05) is 0 Å². The predicted octanol–water partition coefficient (Wildman–Crippen LogP) is 4.82. The van der Waals surface area contributed by atoms with E-state index < -0.39 is 73.0 Å². The Balaban J connectivity index is 2.27. The molecule has 0 unspecified atom stereocenters. The van der Waals surface area contributed by atoms with E-state index in [9.17, 15) is 43.5 Å². The zero-order valence-corrected chi connectivity index (χ0v) is 18.4. The molecule has 0 aromatic carbocycles. The number of sulfone groups is 1. The number of hydrogen-bond acceptors (Lipinski definition) is 5. The SMILES string of the molecule is CCS(=O)(=O)c1c(-c2nc3ccnc(C)n3c2C(F)(F)C(F)(F)F)nc2cccc(C(F)(F)F)n12. The molecular weight excluding hydrogens is 514 g/mol. The van der Waals surface area contributed by atoms with Gasteiger partial charge in [0, 0.05) is 6.20 Å². The summed E-state index contributed by atoms with van der Waals surface area (Å²) < 4.78 is 137. The number of nitrogens with zero attached hydrogens (tertiary/aromatic N) is 5. The normalized spacial score (nSPS) is 13.8. The Bertz CT molecular complexity index is 1570. The van der Waals surface area contributed by atoms with E-state index in [-0.39, 0.29) is 10.2 Å². The van der Waals surface area contributed by atoms with Crippen molar-refractivity contribution in [3.8, 4) is 11.4 Å². The fourth-order valence-corrected chi connectivity index (χ4v) is 4.78. The first-order valence-electron chi connectivity index (χ1n) is 9.63. The third-order valence-electron chi connectivity index (χ3n) is 5.16. The number of aryl methyl sites for hydroxylation is 1. The third-order valence-corrected chi connectivity index (χ3v) is 6.88. The lowest BCUT2D eigenvalue weighted by Crippen LogP contribution is -2.35. The van der Waals surface area contributed by atoms with Crippen LogP contribution in [0.3, 0.4) is 0 Å². The average molecular weight is 527 g/mol. The molecule has 0 bridgehead atoms. The van der Waals surface area contributed by atoms with Gasteiger partial charge in [0.15, 0.2) is 14.9 Å². The zero-order chi connectivity index (χ0) is 26.1. The highest BCUT2D eigenvalue weighted by Crippen LogP contribution is 2.48. The lowest BCUT2D eigenvalue weighted by Gasteiger charge is -2.21. The van der Waals surface area contributed by atoms with Gasteiger partial charge < -0.3 is 0 Å². The van der Waals surface area contributed by atoms with Gasteiger partial charge in [-0.05, 0) is 25.1 Å². The van der Waals surface area contributed by atoms with Crippen LogP contribution in [0.5, 0.6) is 0 Å². The van der Waals surface area contributed by atoms with Crippen LogP contribution in [-0.4, -0.2) is 44.1 Å². The molecule has 0 saturated heterocycles. The largest absolute Gasteiger partial charge is 0.459 e. The van der Waals surface area contributed by atoms with Gasteiger partial charge in [0.2, 0.25) is 0 Å². The fourth-order valence-electron chi connectivity index (χ4n) is 3.60. The Labute approximate surface area is 191 Å². The summed E-state index contributed by atoms with van der Waals surface area (Å²) in [5.74, 6) is -6.77. The minimum atomic E-state index is -6.17. The highest BCUT2D eigenvalue weighted by molar-refractivity contribution is 7.91. The number of imidazole rings is 2. The Hall–Kier alpha value is -3.30. The Kier molecular flexibility index (Phi) is 5.39. The number of aromatic nitrogens is 5. The van der Waals surface area contributed by atoms with Crippen molar-refractivity contribution in [1.82, 2.24) is 23.8 Å². The van der Waals surface area contributed by atoms with Crippen LogP contribution in [0.25, 0.3) is 22.7 Å². The molecular formula is C19H13F8N5O2S. The van der Waals surface area contributed by atoms with Gasteiger partial charge in [0.05, 0.1) is 5.75 Å². The summed E-state index contributed by atoms with van der Waals surface area (Å²) >= 11 is 0. The van der Waals surface area contributed by atoms with Gasteiger partial charge in [-0.1, -0.05) is 13.0 Å². The molecule has 0 amide bonds. The Morgan fingerprint density at radius 1 is 0.886 bits per heavy atom. The maximum atomic E-state index is 14.8. The second-order valence-corrected chi connectivity index (χ2v) is 9.53. The second kappa shape index (κ2) is 7.60. The molecule has 0 N–H and O–H groups in total. The number of pyridine rings is 1. The molecule has 188 valence electrons. The fraction of sp³-hybridized carbons (Fsp3) is 0.316. The molecule has 4 rings (SSSR count). The minimum absolute atomic E-state index is 0.165. The average Bonchev–Trinajstić information content (AvgIpc) is 3.32. The van der Waals surface area contributed by atoms with Gasteiger partial charge >= 0.3 is 18.3 Å². The predicted molar refractivity (Wildman–Crippen MR) is 105 cm³/mol. The van der Waals surface area contributed by atoms with Crippen LogP contribution in [0.1, 0.15) is 24.1 Å². The van der Waals surface area contributed by atoms with E-state index in [2.05, 4.69) is 15.0 Å². The van der Waals surface area contributed by atoms with Gasteiger partial charge in [0.25, 0.3) is 0 Å². The number of alkyl halides is 8. The molecule has 0 aliphatic rings. The van der Waals surface area contributed by atoms with Gasteiger partial charge in [-0.2, -0.15) is 35.1 Å². The minimum Gasteiger partial charge on any atom is -0.278 e. The van der Waals surface area contributed by atoms with Crippen LogP contribution in [0, 0.1) is 6.92 Å². The lowest BCUT2D eigenvalue weighted by molar-refractivity contribution is -0.291. The summed E-state index contributed by atoms with van der Waals surface area (Å²) in [5, 5.41) is -1.21. The molecule has 0 spiro atoms. The van der Waals surface area contributed by atoms with Crippen LogP contribution in [0.15, 0.2) is 35.5 Å². The Morgan fingerprint density at radius 2 is 1.49 bits per heavy atom. The highest BCUT2D eigenvalue weighted by Gasteiger charge is 2.62. The number of rotatable bonds is 4. The summed E-state index contributed by atoms with van der Waals surface area (Å²) in [7, 11) is -4.68. The van der Waals surface area contributed by atoms with Crippen LogP contribution in [-0.2, 0) is 21.9 Å². The molecule has 35 heavy (non-hydrogen) atoms. The quantitative estimate of drug-likeness (QED) is 0.356. The summed E-state index contributed by atoms with van der Waals surface area (Å²) in [6.07, 6.45) is -10.2. The van der Waals surface area contributed by atoms with Crippen molar-refractivity contribution in [2.24, 2.45) is 0 Å². The van der Waals surface area contributed by atoms with Crippen LogP contribution in [0.4, 0.5) is 35.1 Å². The monoisotopic (exact) mass is 527 g/mol. The molecule has 4 aromatic heterocycles. The standard InChI is InChI=1S/C19H13F8N5O2S/c1-3-35(33,34)16-14(30-11-6-4-5-10(32(11)16)18(22,23)24)13-15(17(20,21)19(25,26)27)31-9(2)28-8-7-12(31)29-13/h4-8H,3H2,1-2H3. The topological polar surface area (TPSA) is 81.6 Å². The number of halogens is 8. The van der Waals surface area contributed by atoms with Crippen molar-refractivity contribution in [1.29, 1.82) is 0 Å². The van der Waals surface area contributed by atoms with Crippen molar-refractivity contribution in [2.45, 2.75) is 37.1 Å². The zero-order valence-electron chi connectivity index (χ0n) is 17.6. The molecule has 0 saturated carbocycles. The smallest absolute Gasteiger partial charge is 0.278 e. The van der Waals surface area contributed by atoms with Crippen LogP contribution < -0.4 is 0 Å². The number of fused-ring (bicyclic) bond motifs is 2. The third kappa shape index (κ3) is 3.70. The summed E-state index contributed by atoms with van der Waals surface area (Å²) in [5.41, 5.74) is -6.78. The van der Waals surface area contributed by atoms with E-state index in [1.165, 1.54) is 0 Å². The molecule has 0 atom stereocenters. The first kappa shape index (κ1) is 24.8. The molecule has 16 heteroatoms. The van der Waals surface area contributed by atoms with Crippen molar-refractivity contribution < 1.29 is 43.5 Å². The van der Waals surface area contributed by atoms with Crippen molar-refractivity contribution in [2.75, 3.05) is 5.75 Å². The second-order valence-electron chi connectivity index (χ2n) is 7.34. The number of hydrogen-bond donors (Lipinski definition) is 0. The summed E-state index contributed by atoms with van der Waals surface area (Å²) in [4.78, 5) is 11.2. The van der Waals surface area contributed by atoms with Crippen LogP contribution in [0.2, 0.25) is 0 Å². The molecule has 0 aliphatic carbocycles. The van der Waals surface area contributed by atoms with Gasteiger partial charge in [0.1, 0.15) is 39.9 Å². The first-order chi connectivity index (χ1) is 16.0. The van der Waals surface area contributed by atoms with E-state index in [0.29, 0.717) is 10.5 Å². The molecule has 7 nitrogen and oxygen atoms in total. The highest BCUT2D eigenvalue weighted by atomic mass is 32.2. The molecule has 4 aromatic rings. The lowest BCUT2D eigenvalue weighted by atomic mass is 10.1.